The first-order valence-corrected chi connectivity index (χ1v) is 5.43. The lowest BCUT2D eigenvalue weighted by Crippen LogP contribution is -2.36. The summed E-state index contributed by atoms with van der Waals surface area (Å²) in [6.45, 7) is 0. The highest BCUT2D eigenvalue weighted by Gasteiger charge is 2.37. The van der Waals surface area contributed by atoms with E-state index in [1.54, 1.807) is 0 Å². The molecule has 1 fully saturated rings. The van der Waals surface area contributed by atoms with Crippen molar-refractivity contribution in [1.82, 2.24) is 0 Å². The van der Waals surface area contributed by atoms with E-state index in [0.717, 1.165) is 0 Å². The van der Waals surface area contributed by atoms with Crippen LogP contribution in [0.3, 0.4) is 0 Å². The molecule has 13 heavy (non-hydrogen) atoms. The van der Waals surface area contributed by atoms with Crippen LogP contribution in [0.1, 0.15) is 12.8 Å². The Morgan fingerprint density at radius 2 is 2.00 bits per heavy atom. The van der Waals surface area contributed by atoms with Gasteiger partial charge in [0.25, 0.3) is 0 Å². The largest absolute Gasteiger partial charge is 0.246 e. The quantitative estimate of drug-likeness (QED) is 0.373. The Kier molecular flexibility index (Phi) is 4.88. The summed E-state index contributed by atoms with van der Waals surface area (Å²) < 4.78 is 30.3. The van der Waals surface area contributed by atoms with E-state index in [1.807, 2.05) is 0 Å². The molecule has 0 bridgehead atoms. The normalized spacial score (nSPS) is 40.6. The number of halogens is 3. The van der Waals surface area contributed by atoms with Gasteiger partial charge in [0.1, 0.15) is 12.3 Å². The van der Waals surface area contributed by atoms with Gasteiger partial charge in [0.2, 0.25) is 0 Å². The zero-order valence-electron chi connectivity index (χ0n) is 6.53. The maximum Gasteiger partial charge on any atom is 0.116 e. The molecular weight excluding hydrogens is 270 g/mol. The van der Waals surface area contributed by atoms with Crippen molar-refractivity contribution in [2.45, 2.75) is 35.3 Å². The molecule has 0 aromatic rings. The van der Waals surface area contributed by atoms with E-state index in [1.165, 1.54) is 0 Å². The van der Waals surface area contributed by atoms with Gasteiger partial charge in [-0.1, -0.05) is 21.0 Å². The number of hydrogen-bond acceptors (Lipinski definition) is 4. The third-order valence-electron chi connectivity index (χ3n) is 1.90. The molecule has 7 heteroatoms. The third-order valence-corrected chi connectivity index (χ3v) is 3.72. The summed E-state index contributed by atoms with van der Waals surface area (Å²) >= 11 is 3.65. The molecule has 4 unspecified atom stereocenters. The molecule has 1 aliphatic rings. The van der Waals surface area contributed by atoms with Crippen molar-refractivity contribution < 1.29 is 23.4 Å². The molecule has 0 radical (unpaired) electrons. The summed E-state index contributed by atoms with van der Waals surface area (Å²) in [6, 6.07) is 0. The molecule has 1 N–H and O–H groups in total. The van der Waals surface area contributed by atoms with Crippen LogP contribution in [0.4, 0.5) is 8.78 Å². The average Bonchev–Trinajstić information content (AvgIpc) is 2.09. The van der Waals surface area contributed by atoms with Crippen LogP contribution < -0.4 is 0 Å². The summed E-state index contributed by atoms with van der Waals surface area (Å²) in [5, 5.41) is 10.5. The second-order valence-electron chi connectivity index (χ2n) is 2.80. The first-order valence-electron chi connectivity index (χ1n) is 3.71. The molecule has 4 atom stereocenters. The fraction of sp³-hybridized carbons (Fsp3) is 1.00. The standard InChI is InChI=1S/C6H9BrF2O3S/c7-3-1-5(9)6(2-4(3)8)13-12-11-10/h3-6,10H,1-2H2. The van der Waals surface area contributed by atoms with Gasteiger partial charge in [-0.25, -0.2) is 14.0 Å². The van der Waals surface area contributed by atoms with E-state index in [9.17, 15) is 8.78 Å². The summed E-state index contributed by atoms with van der Waals surface area (Å²) in [4.78, 5) is -0.436. The van der Waals surface area contributed by atoms with Gasteiger partial charge in [0, 0.05) is 16.9 Å². The lowest BCUT2D eigenvalue weighted by molar-refractivity contribution is -0.432. The van der Waals surface area contributed by atoms with Gasteiger partial charge in [-0.3, -0.25) is 0 Å². The summed E-state index contributed by atoms with van der Waals surface area (Å²) in [5.41, 5.74) is 0. The van der Waals surface area contributed by atoms with Gasteiger partial charge in [-0.15, -0.1) is 4.33 Å². The molecule has 0 heterocycles. The molecule has 0 aromatic heterocycles. The lowest BCUT2D eigenvalue weighted by atomic mass is 9.96. The van der Waals surface area contributed by atoms with E-state index in [4.69, 9.17) is 5.26 Å². The van der Waals surface area contributed by atoms with E-state index < -0.39 is 22.4 Å². The predicted octanol–water partition coefficient (Wildman–Crippen LogP) is 2.66. The second kappa shape index (κ2) is 5.45. The van der Waals surface area contributed by atoms with Crippen molar-refractivity contribution in [3.8, 4) is 0 Å². The molecule has 1 aliphatic carbocycles. The van der Waals surface area contributed by atoms with Crippen LogP contribution in [0.25, 0.3) is 0 Å². The van der Waals surface area contributed by atoms with Gasteiger partial charge in [0.15, 0.2) is 0 Å². The Morgan fingerprint density at radius 3 is 2.62 bits per heavy atom. The fourth-order valence-electron chi connectivity index (χ4n) is 1.20. The molecule has 0 aliphatic heterocycles. The third kappa shape index (κ3) is 3.32. The highest BCUT2D eigenvalue weighted by atomic mass is 79.9. The predicted molar refractivity (Wildman–Crippen MR) is 47.9 cm³/mol. The molecule has 0 spiro atoms. The van der Waals surface area contributed by atoms with E-state index in [-0.39, 0.29) is 12.8 Å². The number of alkyl halides is 3. The Bertz CT molecular complexity index is 165. The Morgan fingerprint density at radius 1 is 1.31 bits per heavy atom. The highest BCUT2D eigenvalue weighted by molar-refractivity contribution is 9.09. The molecule has 78 valence electrons. The number of rotatable bonds is 3. The van der Waals surface area contributed by atoms with Crippen molar-refractivity contribution in [1.29, 1.82) is 0 Å². The van der Waals surface area contributed by atoms with Crippen LogP contribution >= 0.6 is 28.0 Å². The molecule has 0 amide bonds. The Hall–Kier alpha value is 0.570. The minimum atomic E-state index is -1.16. The fourth-order valence-corrected chi connectivity index (χ4v) is 2.40. The average molecular weight is 279 g/mol. The van der Waals surface area contributed by atoms with Gasteiger partial charge >= 0.3 is 0 Å². The van der Waals surface area contributed by atoms with Crippen molar-refractivity contribution in [3.63, 3.8) is 0 Å². The smallest absolute Gasteiger partial charge is 0.116 e. The van der Waals surface area contributed by atoms with Crippen molar-refractivity contribution >= 4 is 28.0 Å². The minimum absolute atomic E-state index is 0.0467. The second-order valence-corrected chi connectivity index (χ2v) is 4.91. The SMILES string of the molecule is OOOSC1CC(F)C(Br)CC1F. The molecule has 0 aromatic carbocycles. The van der Waals surface area contributed by atoms with E-state index in [0.29, 0.717) is 12.0 Å². The zero-order chi connectivity index (χ0) is 9.84. The summed E-state index contributed by atoms with van der Waals surface area (Å²) in [7, 11) is 0. The first kappa shape index (κ1) is 11.6. The lowest BCUT2D eigenvalue weighted by Gasteiger charge is -2.29. The molecule has 0 saturated heterocycles. The monoisotopic (exact) mass is 278 g/mol. The maximum absolute atomic E-state index is 13.2. The van der Waals surface area contributed by atoms with Gasteiger partial charge in [-0.2, -0.15) is 0 Å². The first-order chi connectivity index (χ1) is 6.15. The molecular formula is C6H9BrF2O3S. The van der Waals surface area contributed by atoms with Crippen LogP contribution in [0.15, 0.2) is 0 Å². The van der Waals surface area contributed by atoms with Gasteiger partial charge in [0.05, 0.1) is 5.25 Å². The van der Waals surface area contributed by atoms with E-state index >= 15 is 0 Å². The van der Waals surface area contributed by atoms with Crippen molar-refractivity contribution in [2.24, 2.45) is 0 Å². The van der Waals surface area contributed by atoms with Crippen LogP contribution in [0, 0.1) is 0 Å². The van der Waals surface area contributed by atoms with E-state index in [2.05, 4.69) is 25.3 Å². The Labute approximate surface area is 87.0 Å². The van der Waals surface area contributed by atoms with Crippen molar-refractivity contribution in [2.75, 3.05) is 0 Å². The van der Waals surface area contributed by atoms with Crippen LogP contribution in [0.5, 0.6) is 0 Å². The molecule has 1 rings (SSSR count). The van der Waals surface area contributed by atoms with Crippen LogP contribution in [0.2, 0.25) is 0 Å². The van der Waals surface area contributed by atoms with Gasteiger partial charge in [-0.05, 0) is 12.8 Å². The van der Waals surface area contributed by atoms with Crippen LogP contribution in [-0.2, 0) is 9.37 Å². The molecule has 1 saturated carbocycles. The summed E-state index contributed by atoms with van der Waals surface area (Å²) in [6.07, 6.45) is -2.10. The van der Waals surface area contributed by atoms with Crippen LogP contribution in [-0.4, -0.2) is 27.7 Å². The zero-order valence-corrected chi connectivity index (χ0v) is 8.93. The minimum Gasteiger partial charge on any atom is -0.246 e. The topological polar surface area (TPSA) is 38.7 Å². The highest BCUT2D eigenvalue weighted by Crippen LogP contribution is 2.36. The molecule has 3 nitrogen and oxygen atoms in total. The number of hydrogen-bond donors (Lipinski definition) is 1. The Balaban J connectivity index is 2.37. The maximum atomic E-state index is 13.2. The van der Waals surface area contributed by atoms with Crippen molar-refractivity contribution in [3.05, 3.63) is 0 Å². The van der Waals surface area contributed by atoms with Gasteiger partial charge < -0.3 is 0 Å². The summed E-state index contributed by atoms with van der Waals surface area (Å²) in [5.74, 6) is 0.